The minimum absolute atomic E-state index is 0.0687. The molecule has 5 atom stereocenters. The van der Waals surface area contributed by atoms with Gasteiger partial charge < -0.3 is 23.7 Å². The lowest BCUT2D eigenvalue weighted by molar-refractivity contribution is -0.256. The first-order valence-electron chi connectivity index (χ1n) is 14.5. The van der Waals surface area contributed by atoms with Crippen LogP contribution in [0, 0.1) is 0 Å². The molecule has 1 saturated heterocycles. The molecule has 0 saturated carbocycles. The van der Waals surface area contributed by atoms with Gasteiger partial charge in [0, 0.05) is 0 Å². The van der Waals surface area contributed by atoms with Gasteiger partial charge in [-0.05, 0) is 22.3 Å². The summed E-state index contributed by atoms with van der Waals surface area (Å²) in [6.45, 7) is 1.01. The molecule has 0 aliphatic carbocycles. The molecule has 0 unspecified atom stereocenters. The Morgan fingerprint density at radius 3 is 1.36 bits per heavy atom. The maximum Gasteiger partial charge on any atom is 0.193 e. The summed E-state index contributed by atoms with van der Waals surface area (Å²) in [4.78, 5) is 0. The Morgan fingerprint density at radius 2 is 0.932 bits per heavy atom. The van der Waals surface area contributed by atoms with Crippen LogP contribution in [0.3, 0.4) is 0 Å². The molecule has 1 aliphatic rings. The molecule has 232 valence electrons. The number of alkyl halides is 1. The molecule has 0 aromatic heterocycles. The molecule has 1 heterocycles. The summed E-state index contributed by atoms with van der Waals surface area (Å²) in [6, 6.07) is 38.7. The number of ether oxygens (including phenoxy) is 5. The van der Waals surface area contributed by atoms with Gasteiger partial charge >= 0.3 is 0 Å². The quantitative estimate of drug-likeness (QED) is 0.142. The van der Waals surface area contributed by atoms with Crippen LogP contribution in [0.25, 0.3) is 0 Å². The lowest BCUT2D eigenvalue weighted by Crippen LogP contribution is -2.63. The van der Waals surface area contributed by atoms with Gasteiger partial charge in [0.15, 0.2) is 15.3 Å². The first-order valence-corrected chi connectivity index (χ1v) is 16.8. The van der Waals surface area contributed by atoms with Crippen LogP contribution < -0.4 is 0 Å². The fourth-order valence-corrected chi connectivity index (χ4v) is 6.55. The third kappa shape index (κ3) is 8.99. The van der Waals surface area contributed by atoms with Crippen molar-refractivity contribution in [1.29, 1.82) is 0 Å². The van der Waals surface area contributed by atoms with E-state index in [0.29, 0.717) is 6.61 Å². The Morgan fingerprint density at radius 1 is 0.545 bits per heavy atom. The Hall–Kier alpha value is -3.08. The zero-order chi connectivity index (χ0) is 30.6. The van der Waals surface area contributed by atoms with Crippen molar-refractivity contribution >= 4 is 21.4 Å². The minimum atomic E-state index is -3.96. The summed E-state index contributed by atoms with van der Waals surface area (Å²) < 4.78 is 58.8. The highest BCUT2D eigenvalue weighted by Crippen LogP contribution is 2.33. The van der Waals surface area contributed by atoms with E-state index in [9.17, 15) is 8.42 Å². The van der Waals surface area contributed by atoms with Crippen molar-refractivity contribution in [2.24, 2.45) is 0 Å². The topological polar surface area (TPSA) is 80.3 Å². The second-order valence-corrected chi connectivity index (χ2v) is 13.3. The van der Waals surface area contributed by atoms with Gasteiger partial charge in [-0.1, -0.05) is 121 Å². The van der Waals surface area contributed by atoms with Gasteiger partial charge in [0.2, 0.25) is 0 Å². The third-order valence-electron chi connectivity index (χ3n) is 7.35. The Bertz CT molecular complexity index is 1490. The molecule has 4 aromatic carbocycles. The second-order valence-electron chi connectivity index (χ2n) is 10.6. The molecule has 1 fully saturated rings. The summed E-state index contributed by atoms with van der Waals surface area (Å²) in [5, 5.41) is -0.637. The zero-order valence-corrected chi connectivity index (χ0v) is 25.9. The lowest BCUT2D eigenvalue weighted by atomic mass is 9.98. The van der Waals surface area contributed by atoms with Gasteiger partial charge in [-0.25, -0.2) is 8.42 Å². The van der Waals surface area contributed by atoms with Gasteiger partial charge in [0.25, 0.3) is 0 Å². The van der Waals surface area contributed by atoms with Crippen molar-refractivity contribution in [2.45, 2.75) is 56.3 Å². The van der Waals surface area contributed by atoms with Crippen LogP contribution in [0.1, 0.15) is 22.3 Å². The van der Waals surface area contributed by atoms with Crippen LogP contribution in [0.15, 0.2) is 121 Å². The van der Waals surface area contributed by atoms with Gasteiger partial charge in [0.05, 0.1) is 33.0 Å². The summed E-state index contributed by atoms with van der Waals surface area (Å²) in [5.41, 5.74) is 2.35. The fraction of sp³-hybridized carbons (Fsp3) is 0.314. The van der Waals surface area contributed by atoms with Crippen molar-refractivity contribution in [1.82, 2.24) is 0 Å². The van der Waals surface area contributed by atoms with Crippen LogP contribution in [-0.2, 0) is 59.9 Å². The maximum absolute atomic E-state index is 13.4. The lowest BCUT2D eigenvalue weighted by Gasteiger charge is -2.45. The molecule has 5 rings (SSSR count). The molecule has 0 N–H and O–H groups in total. The molecule has 44 heavy (non-hydrogen) atoms. The molecule has 0 spiro atoms. The number of halogens is 1. The fourth-order valence-electron chi connectivity index (χ4n) is 5.10. The Kier molecular flexibility index (Phi) is 12.0. The number of rotatable bonds is 15. The predicted octanol–water partition coefficient (Wildman–Crippen LogP) is 6.30. The summed E-state index contributed by atoms with van der Waals surface area (Å²) in [7, 11) is -3.96. The third-order valence-corrected chi connectivity index (χ3v) is 9.65. The van der Waals surface area contributed by atoms with Gasteiger partial charge in [-0.2, -0.15) is 0 Å². The van der Waals surface area contributed by atoms with E-state index >= 15 is 0 Å². The van der Waals surface area contributed by atoms with Crippen LogP contribution >= 0.6 is 11.6 Å². The van der Waals surface area contributed by atoms with Crippen molar-refractivity contribution in [2.75, 3.05) is 11.8 Å². The van der Waals surface area contributed by atoms with Crippen LogP contribution in [-0.4, -0.2) is 50.1 Å². The number of benzene rings is 4. The standard InChI is InChI=1S/C35H37ClO7S/c36-26-44(37,38)35-34(42-24-30-19-11-4-12-20-30)33(41-23-29-17-9-3-10-18-29)32(40-22-28-15-7-2-8-16-28)31(43-35)25-39-21-27-13-5-1-6-14-27/h1-20,31-35H,21-26H2/t31-,32-,33+,34-,35+/m1/s1. The molecule has 9 heteroatoms. The molecular weight excluding hydrogens is 600 g/mol. The van der Waals surface area contributed by atoms with Crippen molar-refractivity contribution < 1.29 is 32.1 Å². The Labute approximate surface area is 264 Å². The van der Waals surface area contributed by atoms with Gasteiger partial charge in [0.1, 0.15) is 29.6 Å². The van der Waals surface area contributed by atoms with E-state index < -0.39 is 44.9 Å². The molecule has 7 nitrogen and oxygen atoms in total. The van der Waals surface area contributed by atoms with E-state index in [-0.39, 0.29) is 26.4 Å². The molecule has 0 radical (unpaired) electrons. The summed E-state index contributed by atoms with van der Waals surface area (Å²) in [6.07, 6.45) is -3.38. The normalized spacial score (nSPS) is 22.1. The van der Waals surface area contributed by atoms with Gasteiger partial charge in [-0.3, -0.25) is 0 Å². The van der Waals surface area contributed by atoms with E-state index in [1.54, 1.807) is 0 Å². The van der Waals surface area contributed by atoms with E-state index in [4.69, 9.17) is 35.3 Å². The van der Waals surface area contributed by atoms with Crippen molar-refractivity contribution in [3.8, 4) is 0 Å². The minimum Gasteiger partial charge on any atom is -0.374 e. The van der Waals surface area contributed by atoms with E-state index in [2.05, 4.69) is 0 Å². The van der Waals surface area contributed by atoms with E-state index in [0.717, 1.165) is 22.3 Å². The van der Waals surface area contributed by atoms with E-state index in [1.165, 1.54) is 0 Å². The van der Waals surface area contributed by atoms with Gasteiger partial charge in [-0.15, -0.1) is 11.6 Å². The molecule has 0 amide bonds. The first-order chi connectivity index (χ1) is 21.5. The Balaban J connectivity index is 1.47. The van der Waals surface area contributed by atoms with E-state index in [1.807, 2.05) is 121 Å². The summed E-state index contributed by atoms with van der Waals surface area (Å²) >= 11 is 6.01. The molecular formula is C35H37ClO7S. The van der Waals surface area contributed by atoms with Crippen molar-refractivity contribution in [3.05, 3.63) is 144 Å². The SMILES string of the molecule is O=S(=O)(CCl)[C@@H]1O[C@H](COCc2ccccc2)[C@@H](OCc2ccccc2)[C@H](OCc2ccccc2)[C@H]1OCc1ccccc1. The number of hydrogen-bond donors (Lipinski definition) is 0. The monoisotopic (exact) mass is 636 g/mol. The maximum atomic E-state index is 13.4. The number of hydrogen-bond acceptors (Lipinski definition) is 7. The average molecular weight is 637 g/mol. The largest absolute Gasteiger partial charge is 0.374 e. The molecule has 4 aromatic rings. The highest BCUT2D eigenvalue weighted by atomic mass is 35.5. The number of sulfone groups is 1. The van der Waals surface area contributed by atoms with Crippen molar-refractivity contribution in [3.63, 3.8) is 0 Å². The summed E-state index contributed by atoms with van der Waals surface area (Å²) in [5.74, 6) is 0. The molecule has 1 aliphatic heterocycles. The average Bonchev–Trinajstić information content (AvgIpc) is 3.07. The highest BCUT2D eigenvalue weighted by molar-refractivity contribution is 7.93. The van der Waals surface area contributed by atoms with Crippen LogP contribution in [0.4, 0.5) is 0 Å². The first kappa shape index (κ1) is 32.3. The molecule has 0 bridgehead atoms. The van der Waals surface area contributed by atoms with Crippen LogP contribution in [0.5, 0.6) is 0 Å². The zero-order valence-electron chi connectivity index (χ0n) is 24.3. The second kappa shape index (κ2) is 16.3. The highest BCUT2D eigenvalue weighted by Gasteiger charge is 2.52. The predicted molar refractivity (Wildman–Crippen MR) is 169 cm³/mol. The van der Waals surface area contributed by atoms with Crippen LogP contribution in [0.2, 0.25) is 0 Å². The smallest absolute Gasteiger partial charge is 0.193 e.